The van der Waals surface area contributed by atoms with Crippen molar-refractivity contribution < 1.29 is 13.9 Å². The monoisotopic (exact) mass is 625 g/mol. The Labute approximate surface area is 268 Å². The van der Waals surface area contributed by atoms with Gasteiger partial charge in [0.2, 0.25) is 0 Å². The second-order valence-electron chi connectivity index (χ2n) is 13.3. The lowest BCUT2D eigenvalue weighted by molar-refractivity contribution is -0.131. The number of nitriles is 1. The molecule has 10 nitrogen and oxygen atoms in total. The van der Waals surface area contributed by atoms with Crippen LogP contribution in [0.1, 0.15) is 36.1 Å². The first-order valence-electron chi connectivity index (χ1n) is 16.1. The van der Waals surface area contributed by atoms with Crippen molar-refractivity contribution in [1.29, 1.82) is 5.26 Å². The number of aromatic nitrogens is 2. The van der Waals surface area contributed by atoms with E-state index >= 15 is 0 Å². The summed E-state index contributed by atoms with van der Waals surface area (Å²) in [6.45, 7) is 9.37. The van der Waals surface area contributed by atoms with Crippen molar-refractivity contribution in [2.75, 3.05) is 56.2 Å². The lowest BCUT2D eigenvalue weighted by atomic mass is 9.81. The number of piperazine rings is 1. The van der Waals surface area contributed by atoms with Gasteiger partial charge in [0.05, 0.1) is 43.8 Å². The zero-order chi connectivity index (χ0) is 32.2. The minimum Gasteiger partial charge on any atom is -0.376 e. The molecule has 2 atom stereocenters. The Morgan fingerprint density at radius 2 is 1.96 bits per heavy atom. The zero-order valence-corrected chi connectivity index (χ0v) is 26.5. The molecule has 1 amide bonds. The summed E-state index contributed by atoms with van der Waals surface area (Å²) in [6, 6.07) is 14.6. The number of likely N-dealkylation sites (tertiary alicyclic amines) is 1. The zero-order valence-electron chi connectivity index (χ0n) is 26.5. The maximum absolute atomic E-state index is 14.1. The summed E-state index contributed by atoms with van der Waals surface area (Å²) in [5.41, 5.74) is 3.68. The molecule has 1 aromatic heterocycles. The number of nitrogens with zero attached hydrogens (tertiary/aromatic N) is 7. The predicted octanol–water partition coefficient (Wildman–Crippen LogP) is 3.54. The van der Waals surface area contributed by atoms with E-state index in [2.05, 4.69) is 72.8 Å². The molecule has 2 aromatic carbocycles. The Hall–Kier alpha value is -4.27. The molecule has 0 bridgehead atoms. The van der Waals surface area contributed by atoms with Crippen LogP contribution >= 0.6 is 0 Å². The van der Waals surface area contributed by atoms with E-state index in [9.17, 15) is 19.2 Å². The van der Waals surface area contributed by atoms with E-state index in [-0.39, 0.29) is 36.8 Å². The van der Waals surface area contributed by atoms with E-state index in [1.54, 1.807) is 0 Å². The van der Waals surface area contributed by atoms with Crippen molar-refractivity contribution in [3.05, 3.63) is 76.1 Å². The molecule has 240 valence electrons. The number of carbonyl (C=O) groups excluding carboxylic acids is 1. The van der Waals surface area contributed by atoms with Gasteiger partial charge in [-0.25, -0.2) is 9.18 Å². The van der Waals surface area contributed by atoms with Crippen molar-refractivity contribution in [2.24, 2.45) is 0 Å². The third-order valence-corrected chi connectivity index (χ3v) is 10.6. The van der Waals surface area contributed by atoms with Crippen molar-refractivity contribution in [3.8, 4) is 6.07 Å². The van der Waals surface area contributed by atoms with Crippen molar-refractivity contribution in [2.45, 2.75) is 63.3 Å². The molecule has 5 heterocycles. The number of halogens is 1. The Morgan fingerprint density at radius 1 is 1.17 bits per heavy atom. The van der Waals surface area contributed by atoms with E-state index in [4.69, 9.17) is 9.72 Å². The Morgan fingerprint density at radius 3 is 2.63 bits per heavy atom. The molecule has 4 aliphatic rings. The molecule has 3 fully saturated rings. The molecule has 0 saturated carbocycles. The standard InChI is InChI=1S/C35H40FN7O3/c1-23-7-4-8-25-9-5-11-29(31(23)25)43-20-30-28(17-35(43)21-46-22-35)32(38-34(45)42(30)19-26-10-6-14-39(26)3)40-15-16-41(33(44)24(2)36)27(18-40)12-13-37/h4-5,7-9,11,26-27H,2,6,10,12,14-22H2,1,3H3/t26-,27-/m0/s1. The summed E-state index contributed by atoms with van der Waals surface area (Å²) in [4.78, 5) is 39.6. The van der Waals surface area contributed by atoms with Gasteiger partial charge in [-0.05, 0) is 50.4 Å². The second kappa shape index (κ2) is 11.8. The average Bonchev–Trinajstić information content (AvgIpc) is 3.44. The summed E-state index contributed by atoms with van der Waals surface area (Å²) in [5, 5.41) is 11.9. The van der Waals surface area contributed by atoms with Gasteiger partial charge in [-0.1, -0.05) is 36.9 Å². The van der Waals surface area contributed by atoms with Crippen LogP contribution in [0.5, 0.6) is 0 Å². The maximum Gasteiger partial charge on any atom is 0.349 e. The number of aryl methyl sites for hydroxylation is 1. The normalized spacial score (nSPS) is 22.5. The molecule has 0 radical (unpaired) electrons. The lowest BCUT2D eigenvalue weighted by Gasteiger charge is -2.55. The first-order chi connectivity index (χ1) is 22.2. The Kier molecular flexibility index (Phi) is 7.81. The highest BCUT2D eigenvalue weighted by Gasteiger charge is 2.50. The van der Waals surface area contributed by atoms with Gasteiger partial charge in [0.15, 0.2) is 5.83 Å². The number of benzene rings is 2. The van der Waals surface area contributed by atoms with Gasteiger partial charge >= 0.3 is 5.69 Å². The first kappa shape index (κ1) is 30.4. The van der Waals surface area contributed by atoms with Crippen LogP contribution in [-0.4, -0.2) is 89.3 Å². The summed E-state index contributed by atoms with van der Waals surface area (Å²) in [6.07, 6.45) is 2.79. The van der Waals surface area contributed by atoms with Gasteiger partial charge in [0, 0.05) is 61.0 Å². The van der Waals surface area contributed by atoms with Crippen LogP contribution in [-0.2, 0) is 29.0 Å². The van der Waals surface area contributed by atoms with Crippen LogP contribution in [0.2, 0.25) is 0 Å². The van der Waals surface area contributed by atoms with E-state index in [0.29, 0.717) is 45.1 Å². The van der Waals surface area contributed by atoms with Crippen LogP contribution in [0.4, 0.5) is 15.9 Å². The minimum absolute atomic E-state index is 0.0365. The Bertz CT molecular complexity index is 1810. The summed E-state index contributed by atoms with van der Waals surface area (Å²) in [7, 11) is 2.12. The summed E-state index contributed by atoms with van der Waals surface area (Å²) >= 11 is 0. The quantitative estimate of drug-likeness (QED) is 0.384. The third kappa shape index (κ3) is 5.04. The molecular formula is C35H40FN7O3. The molecule has 7 rings (SSSR count). The summed E-state index contributed by atoms with van der Waals surface area (Å²) in [5.74, 6) is -1.23. The lowest BCUT2D eigenvalue weighted by Crippen LogP contribution is -2.66. The van der Waals surface area contributed by atoms with Gasteiger partial charge in [-0.15, -0.1) is 0 Å². The number of rotatable bonds is 6. The molecule has 46 heavy (non-hydrogen) atoms. The molecule has 1 spiro atoms. The van der Waals surface area contributed by atoms with Gasteiger partial charge in [-0.3, -0.25) is 9.36 Å². The van der Waals surface area contributed by atoms with Gasteiger partial charge in [0.1, 0.15) is 5.82 Å². The van der Waals surface area contributed by atoms with Gasteiger partial charge in [-0.2, -0.15) is 10.2 Å². The van der Waals surface area contributed by atoms with Crippen LogP contribution in [0.3, 0.4) is 0 Å². The molecule has 0 unspecified atom stereocenters. The molecule has 0 aliphatic carbocycles. The number of likely N-dealkylation sites (N-methyl/N-ethyl adjacent to an activating group) is 1. The fraction of sp³-hybridized carbons (Fsp3) is 0.486. The summed E-state index contributed by atoms with van der Waals surface area (Å²) < 4.78 is 21.7. The first-order valence-corrected chi connectivity index (χ1v) is 16.1. The van der Waals surface area contributed by atoms with Gasteiger partial charge < -0.3 is 24.3 Å². The highest BCUT2D eigenvalue weighted by atomic mass is 19.1. The number of carbonyl (C=O) groups is 1. The molecular weight excluding hydrogens is 585 g/mol. The number of anilines is 2. The van der Waals surface area contributed by atoms with Crippen LogP contribution < -0.4 is 15.5 Å². The number of hydrogen-bond acceptors (Lipinski definition) is 8. The molecule has 11 heteroatoms. The molecule has 0 N–H and O–H groups in total. The number of amides is 1. The van der Waals surface area contributed by atoms with Crippen LogP contribution in [0.15, 0.2) is 53.6 Å². The molecule has 3 saturated heterocycles. The van der Waals surface area contributed by atoms with E-state index in [0.717, 1.165) is 36.3 Å². The SMILES string of the molecule is C=C(F)C(=O)N1CCN(c2nc(=O)n(C[C@@H]3CCCN3C)c3c2CC2(COC2)N(c2cccc4cccc(C)c24)C3)C[C@@H]1CC#N. The predicted molar refractivity (Wildman–Crippen MR) is 174 cm³/mol. The number of fused-ring (bicyclic) bond motifs is 2. The van der Waals surface area contributed by atoms with E-state index < -0.39 is 17.8 Å². The van der Waals surface area contributed by atoms with Crippen LogP contribution in [0.25, 0.3) is 10.8 Å². The fourth-order valence-electron chi connectivity index (χ4n) is 8.02. The Balaban J connectivity index is 1.35. The second-order valence-corrected chi connectivity index (χ2v) is 13.3. The highest BCUT2D eigenvalue weighted by molar-refractivity contribution is 5.97. The maximum atomic E-state index is 14.1. The number of hydrogen-bond donors (Lipinski definition) is 0. The third-order valence-electron chi connectivity index (χ3n) is 10.6. The van der Waals surface area contributed by atoms with Gasteiger partial charge in [0.25, 0.3) is 5.91 Å². The largest absolute Gasteiger partial charge is 0.376 e. The topological polar surface area (TPSA) is 97.9 Å². The fourth-order valence-corrected chi connectivity index (χ4v) is 8.02. The smallest absolute Gasteiger partial charge is 0.349 e. The minimum atomic E-state index is -1.04. The average molecular weight is 626 g/mol. The van der Waals surface area contributed by atoms with Crippen molar-refractivity contribution in [3.63, 3.8) is 0 Å². The van der Waals surface area contributed by atoms with Crippen molar-refractivity contribution >= 4 is 28.2 Å². The van der Waals surface area contributed by atoms with Crippen molar-refractivity contribution in [1.82, 2.24) is 19.4 Å². The highest BCUT2D eigenvalue weighted by Crippen LogP contribution is 2.44. The number of ether oxygens (including phenoxy) is 1. The molecule has 3 aromatic rings. The van der Waals surface area contributed by atoms with E-state index in [1.165, 1.54) is 21.2 Å². The van der Waals surface area contributed by atoms with Crippen LogP contribution in [0, 0.1) is 18.3 Å². The van der Waals surface area contributed by atoms with E-state index in [1.807, 2.05) is 9.47 Å². The molecule has 4 aliphatic heterocycles.